The van der Waals surface area contributed by atoms with Crippen molar-refractivity contribution >= 4 is 67.4 Å². The lowest BCUT2D eigenvalue weighted by atomic mass is 9.46. The third-order valence-electron chi connectivity index (χ3n) is 11.9. The number of rotatable bonds is 5. The monoisotopic (exact) mass is 691 g/mol. The molecule has 1 fully saturated rings. The van der Waals surface area contributed by atoms with E-state index < -0.39 is 0 Å². The lowest BCUT2D eigenvalue weighted by Gasteiger charge is -2.58. The number of fused-ring (bicyclic) bond motifs is 6. The first-order valence-electron chi connectivity index (χ1n) is 17.5. The molecule has 8 heteroatoms. The fourth-order valence-electron chi connectivity index (χ4n) is 9.33. The predicted octanol–water partition coefficient (Wildman–Crippen LogP) is 11.2. The lowest BCUT2D eigenvalue weighted by Crippen LogP contribution is -2.52. The van der Waals surface area contributed by atoms with Gasteiger partial charge in [0.1, 0.15) is 10.7 Å². The lowest BCUT2D eigenvalue weighted by molar-refractivity contribution is -0.0104. The Hall–Kier alpha value is -3.33. The highest BCUT2D eigenvalue weighted by Gasteiger charge is 2.55. The van der Waals surface area contributed by atoms with E-state index in [-0.39, 0.29) is 10.8 Å². The number of amidine groups is 1. The normalized spacial score (nSPS) is 26.6. The number of hydrogen-bond acceptors (Lipinski definition) is 6. The Kier molecular flexibility index (Phi) is 8.12. The molecule has 3 aromatic heterocycles. The number of aliphatic imine (C=N–C) groups is 1. The van der Waals surface area contributed by atoms with Gasteiger partial charge in [0.2, 0.25) is 0 Å². The predicted molar refractivity (Wildman–Crippen MR) is 208 cm³/mol. The van der Waals surface area contributed by atoms with Crippen LogP contribution in [0.2, 0.25) is 0 Å². The number of aromatic nitrogens is 1. The van der Waals surface area contributed by atoms with Crippen LogP contribution in [-0.2, 0) is 12.0 Å². The van der Waals surface area contributed by atoms with E-state index in [1.165, 1.54) is 58.5 Å². The van der Waals surface area contributed by atoms with Crippen molar-refractivity contribution in [2.45, 2.75) is 85.1 Å². The minimum absolute atomic E-state index is 0.00381. The summed E-state index contributed by atoms with van der Waals surface area (Å²) in [6.45, 7) is 12.6. The quantitative estimate of drug-likeness (QED) is 0.204. The van der Waals surface area contributed by atoms with Gasteiger partial charge in [-0.05, 0) is 110 Å². The van der Waals surface area contributed by atoms with Crippen molar-refractivity contribution < 1.29 is 0 Å². The Morgan fingerprint density at radius 2 is 1.94 bits per heavy atom. The first-order valence-corrected chi connectivity index (χ1v) is 19.6. The van der Waals surface area contributed by atoms with Crippen LogP contribution in [0.3, 0.4) is 0 Å². The second-order valence-corrected chi connectivity index (χ2v) is 17.4. The molecule has 5 nitrogen and oxygen atoms in total. The van der Waals surface area contributed by atoms with Gasteiger partial charge in [0.15, 0.2) is 5.11 Å². The summed E-state index contributed by atoms with van der Waals surface area (Å²) in [7, 11) is 0. The standard InChI is InChI=1S/C40H45N5S3/c1-24(2)26-14-16-30-27(21-26)15-17-33-39(30,4)18-10-19-40(33,5)34-22-29(31-13-9-20-47-31)35-36-32(48-37(35)43-34)23-45(25(3)41-36)44-38(46)42-28-11-7-6-8-12-28/h6-9,11-13,15,20-22,24,30,33H,10,14,16-19,23H2,1-5H3,(H2,42,44,46). The number of hydrogen-bond donors (Lipinski definition) is 2. The van der Waals surface area contributed by atoms with Crippen LogP contribution in [-0.4, -0.2) is 20.9 Å². The summed E-state index contributed by atoms with van der Waals surface area (Å²) in [6.07, 6.45) is 12.6. The first-order chi connectivity index (χ1) is 23.1. The number of para-hydroxylation sites is 1. The fraction of sp³-hybridized carbons (Fsp3) is 0.425. The van der Waals surface area contributed by atoms with Gasteiger partial charge in [-0.2, -0.15) is 0 Å². The van der Waals surface area contributed by atoms with Crippen LogP contribution in [0.25, 0.3) is 20.7 Å². The number of nitrogens with zero attached hydrogens (tertiary/aromatic N) is 3. The van der Waals surface area contributed by atoms with Gasteiger partial charge in [0.05, 0.1) is 17.1 Å². The van der Waals surface area contributed by atoms with Crippen LogP contribution < -0.4 is 10.7 Å². The van der Waals surface area contributed by atoms with Crippen LogP contribution in [0, 0.1) is 23.2 Å². The molecule has 1 aliphatic heterocycles. The van der Waals surface area contributed by atoms with Crippen molar-refractivity contribution in [2.75, 3.05) is 5.32 Å². The molecule has 4 atom stereocenters. The van der Waals surface area contributed by atoms with Crippen LogP contribution >= 0.6 is 34.9 Å². The number of pyridine rings is 1. The summed E-state index contributed by atoms with van der Waals surface area (Å²) in [4.78, 5) is 14.4. The maximum atomic E-state index is 5.68. The molecule has 4 aromatic rings. The summed E-state index contributed by atoms with van der Waals surface area (Å²) >= 11 is 9.29. The maximum Gasteiger partial charge on any atom is 0.189 e. The molecule has 248 valence electrons. The van der Waals surface area contributed by atoms with Gasteiger partial charge in [-0.1, -0.05) is 76.1 Å². The minimum atomic E-state index is 0.00381. The molecule has 4 unspecified atom stereocenters. The van der Waals surface area contributed by atoms with Crippen LogP contribution in [0.5, 0.6) is 0 Å². The SMILES string of the molecule is CC1=Nc2c(sc3nc(C4(C)CCCC5(C)C6CCC(C(C)C)=CC6=CCC45)cc(-c4cccs4)c23)CN1NC(=S)Nc1ccccc1. The third-order valence-corrected chi connectivity index (χ3v) is 14.0. The van der Waals surface area contributed by atoms with E-state index in [0.717, 1.165) is 28.5 Å². The summed E-state index contributed by atoms with van der Waals surface area (Å²) in [5.74, 6) is 2.74. The minimum Gasteiger partial charge on any atom is -0.331 e. The second kappa shape index (κ2) is 12.2. The van der Waals surface area contributed by atoms with Gasteiger partial charge >= 0.3 is 0 Å². The van der Waals surface area contributed by atoms with Crippen molar-refractivity contribution in [2.24, 2.45) is 28.2 Å². The molecule has 0 saturated heterocycles. The fourth-order valence-corrected chi connectivity index (χ4v) is 11.4. The van der Waals surface area contributed by atoms with Crippen molar-refractivity contribution in [3.8, 4) is 10.4 Å². The Bertz CT molecular complexity index is 1970. The van der Waals surface area contributed by atoms with Crippen molar-refractivity contribution in [3.05, 3.63) is 87.8 Å². The van der Waals surface area contributed by atoms with E-state index in [1.807, 2.05) is 46.7 Å². The van der Waals surface area contributed by atoms with Gasteiger partial charge < -0.3 is 5.32 Å². The highest BCUT2D eigenvalue weighted by atomic mass is 32.1. The average molecular weight is 692 g/mol. The number of benzene rings is 1. The van der Waals surface area contributed by atoms with E-state index in [0.29, 0.717) is 29.4 Å². The van der Waals surface area contributed by atoms with Crippen molar-refractivity contribution in [3.63, 3.8) is 0 Å². The average Bonchev–Trinajstić information content (AvgIpc) is 3.73. The Morgan fingerprint density at radius 3 is 2.71 bits per heavy atom. The van der Waals surface area contributed by atoms with Gasteiger partial charge in [-0.3, -0.25) is 10.4 Å². The number of allylic oxidation sites excluding steroid dienone is 4. The number of anilines is 1. The van der Waals surface area contributed by atoms with Crippen LogP contribution in [0.15, 0.2) is 82.2 Å². The molecule has 4 heterocycles. The molecule has 1 aromatic carbocycles. The highest BCUT2D eigenvalue weighted by molar-refractivity contribution is 7.80. The zero-order chi connectivity index (χ0) is 33.2. The number of hydrazine groups is 1. The highest BCUT2D eigenvalue weighted by Crippen LogP contribution is 2.63. The summed E-state index contributed by atoms with van der Waals surface area (Å²) in [6, 6.07) is 16.9. The molecule has 8 rings (SSSR count). The molecule has 0 amide bonds. The topological polar surface area (TPSA) is 52.6 Å². The summed E-state index contributed by atoms with van der Waals surface area (Å²) < 4.78 is 0. The maximum absolute atomic E-state index is 5.68. The van der Waals surface area contributed by atoms with Crippen LogP contribution in [0.4, 0.5) is 11.4 Å². The number of thiocarbonyl (C=S) groups is 1. The second-order valence-electron chi connectivity index (χ2n) is 15.0. The van der Waals surface area contributed by atoms with Gasteiger partial charge in [-0.15, -0.1) is 22.7 Å². The summed E-state index contributed by atoms with van der Waals surface area (Å²) in [5.41, 5.74) is 11.5. The molecular weight excluding hydrogens is 647 g/mol. The zero-order valence-electron chi connectivity index (χ0n) is 28.6. The van der Waals surface area contributed by atoms with E-state index in [1.54, 1.807) is 22.5 Å². The molecule has 48 heavy (non-hydrogen) atoms. The first kappa shape index (κ1) is 31.9. The molecule has 1 saturated carbocycles. The largest absolute Gasteiger partial charge is 0.331 e. The van der Waals surface area contributed by atoms with E-state index in [9.17, 15) is 0 Å². The molecule has 3 aliphatic carbocycles. The molecule has 0 radical (unpaired) electrons. The van der Waals surface area contributed by atoms with E-state index in [4.69, 9.17) is 22.2 Å². The van der Waals surface area contributed by atoms with Gasteiger partial charge in [0, 0.05) is 32.6 Å². The van der Waals surface area contributed by atoms with E-state index >= 15 is 0 Å². The third kappa shape index (κ3) is 5.35. The Labute approximate surface area is 298 Å². The van der Waals surface area contributed by atoms with Gasteiger partial charge in [-0.25, -0.2) is 9.98 Å². The Balaban J connectivity index is 1.17. The van der Waals surface area contributed by atoms with Crippen molar-refractivity contribution in [1.82, 2.24) is 15.4 Å². The molecule has 4 aliphatic rings. The van der Waals surface area contributed by atoms with Crippen LogP contribution in [0.1, 0.15) is 83.7 Å². The molecule has 0 bridgehead atoms. The van der Waals surface area contributed by atoms with Crippen molar-refractivity contribution in [1.29, 1.82) is 0 Å². The number of thiophene rings is 2. The smallest absolute Gasteiger partial charge is 0.189 e. The number of nitrogens with one attached hydrogen (secondary N) is 2. The molecule has 0 spiro atoms. The van der Waals surface area contributed by atoms with E-state index in [2.05, 4.69) is 81.1 Å². The summed E-state index contributed by atoms with van der Waals surface area (Å²) in [5, 5.41) is 9.27. The molecule has 2 N–H and O–H groups in total. The molecular formula is C40H45N5S3. The van der Waals surface area contributed by atoms with Gasteiger partial charge in [0.25, 0.3) is 0 Å². The zero-order valence-corrected chi connectivity index (χ0v) is 31.0. The Morgan fingerprint density at radius 1 is 1.10 bits per heavy atom.